The Labute approximate surface area is 155 Å². The molecule has 0 aliphatic heterocycles. The number of fused-ring (bicyclic) bond motifs is 1. The second kappa shape index (κ2) is 7.84. The van der Waals surface area contributed by atoms with E-state index in [1.165, 1.54) is 6.08 Å². The number of benzene rings is 1. The number of carbonyl (C=O) groups is 2. The quantitative estimate of drug-likeness (QED) is 0.680. The van der Waals surface area contributed by atoms with E-state index in [4.69, 9.17) is 11.6 Å². The Morgan fingerprint density at radius 3 is 2.69 bits per heavy atom. The van der Waals surface area contributed by atoms with E-state index in [9.17, 15) is 9.59 Å². The summed E-state index contributed by atoms with van der Waals surface area (Å²) in [4.78, 5) is 27.8. The lowest BCUT2D eigenvalue weighted by Gasteiger charge is -2.04. The number of aromatic nitrogens is 2. The Morgan fingerprint density at radius 2 is 1.96 bits per heavy atom. The molecule has 0 radical (unpaired) electrons. The van der Waals surface area contributed by atoms with Crippen molar-refractivity contribution in [3.05, 3.63) is 76.7 Å². The van der Waals surface area contributed by atoms with Crippen LogP contribution in [0.1, 0.15) is 21.6 Å². The summed E-state index contributed by atoms with van der Waals surface area (Å²) in [6.07, 6.45) is 4.88. The first-order valence-electron chi connectivity index (χ1n) is 7.98. The number of rotatable bonds is 5. The summed E-state index contributed by atoms with van der Waals surface area (Å²) in [6, 6.07) is 12.6. The van der Waals surface area contributed by atoms with Crippen molar-refractivity contribution in [1.29, 1.82) is 0 Å². The lowest BCUT2D eigenvalue weighted by Crippen LogP contribution is -2.20. The minimum absolute atomic E-state index is 0.145. The van der Waals surface area contributed by atoms with Crippen LogP contribution in [0.25, 0.3) is 11.7 Å². The highest BCUT2D eigenvalue weighted by Crippen LogP contribution is 2.18. The lowest BCUT2D eigenvalue weighted by atomic mass is 10.1. The molecule has 132 valence electrons. The highest BCUT2D eigenvalue weighted by Gasteiger charge is 2.07. The van der Waals surface area contributed by atoms with Gasteiger partial charge >= 0.3 is 0 Å². The molecule has 0 fully saturated rings. The monoisotopic (exact) mass is 368 g/mol. The molecule has 0 spiro atoms. The summed E-state index contributed by atoms with van der Waals surface area (Å²) in [5.74, 6) is -0.393. The van der Waals surface area contributed by atoms with Gasteiger partial charge in [0.1, 0.15) is 5.65 Å². The van der Waals surface area contributed by atoms with Crippen molar-refractivity contribution >= 4 is 35.1 Å². The van der Waals surface area contributed by atoms with E-state index in [1.807, 2.05) is 28.8 Å². The Hall–Kier alpha value is -3.12. The van der Waals surface area contributed by atoms with E-state index in [2.05, 4.69) is 15.6 Å². The molecular formula is C19H17ClN4O2. The van der Waals surface area contributed by atoms with Crippen molar-refractivity contribution in [2.45, 2.75) is 6.54 Å². The van der Waals surface area contributed by atoms with Gasteiger partial charge in [-0.25, -0.2) is 4.98 Å². The van der Waals surface area contributed by atoms with E-state index >= 15 is 0 Å². The highest BCUT2D eigenvalue weighted by atomic mass is 35.5. The number of amides is 2. The fourth-order valence-corrected chi connectivity index (χ4v) is 2.70. The number of nitrogens with zero attached hydrogens (tertiary/aromatic N) is 2. The first kappa shape index (κ1) is 17.7. The van der Waals surface area contributed by atoms with Crippen molar-refractivity contribution in [2.75, 3.05) is 7.05 Å². The van der Waals surface area contributed by atoms with Gasteiger partial charge in [0.05, 0.1) is 5.69 Å². The normalized spacial score (nSPS) is 11.0. The van der Waals surface area contributed by atoms with Crippen LogP contribution in [0.5, 0.6) is 0 Å². The highest BCUT2D eigenvalue weighted by molar-refractivity contribution is 6.31. The molecule has 0 aliphatic carbocycles. The fourth-order valence-electron chi connectivity index (χ4n) is 2.46. The molecule has 2 heterocycles. The van der Waals surface area contributed by atoms with Crippen molar-refractivity contribution < 1.29 is 9.59 Å². The third kappa shape index (κ3) is 3.92. The van der Waals surface area contributed by atoms with Gasteiger partial charge in [-0.2, -0.15) is 0 Å². The smallest absolute Gasteiger partial charge is 0.251 e. The molecule has 0 bridgehead atoms. The van der Waals surface area contributed by atoms with E-state index in [1.54, 1.807) is 37.4 Å². The van der Waals surface area contributed by atoms with Gasteiger partial charge in [0.25, 0.3) is 5.91 Å². The van der Waals surface area contributed by atoms with Gasteiger partial charge in [-0.15, -0.1) is 0 Å². The van der Waals surface area contributed by atoms with Crippen LogP contribution in [0.3, 0.4) is 0 Å². The molecule has 2 amide bonds. The van der Waals surface area contributed by atoms with Crippen LogP contribution >= 0.6 is 11.6 Å². The zero-order valence-electron chi connectivity index (χ0n) is 14.1. The molecule has 3 aromatic rings. The average Bonchev–Trinajstić information content (AvgIpc) is 2.99. The van der Waals surface area contributed by atoms with E-state index < -0.39 is 0 Å². The number of imidazole rings is 1. The van der Waals surface area contributed by atoms with E-state index in [0.717, 1.165) is 5.56 Å². The summed E-state index contributed by atoms with van der Waals surface area (Å²) in [6.45, 7) is 0.359. The number of carbonyl (C=O) groups excluding carboxylic acids is 2. The third-order valence-corrected chi connectivity index (χ3v) is 4.10. The number of nitrogens with one attached hydrogen (secondary N) is 2. The molecule has 26 heavy (non-hydrogen) atoms. The van der Waals surface area contributed by atoms with Gasteiger partial charge in [-0.1, -0.05) is 29.8 Å². The number of hydrogen-bond donors (Lipinski definition) is 2. The van der Waals surface area contributed by atoms with E-state index in [-0.39, 0.29) is 11.8 Å². The second-order valence-corrected chi connectivity index (χ2v) is 5.90. The van der Waals surface area contributed by atoms with Gasteiger partial charge in [0.15, 0.2) is 5.15 Å². The number of pyridine rings is 1. The van der Waals surface area contributed by atoms with Crippen LogP contribution in [0.4, 0.5) is 0 Å². The minimum atomic E-state index is -0.248. The summed E-state index contributed by atoms with van der Waals surface area (Å²) in [7, 11) is 1.58. The number of hydrogen-bond acceptors (Lipinski definition) is 3. The number of halogens is 1. The maximum absolute atomic E-state index is 12.0. The summed E-state index contributed by atoms with van der Waals surface area (Å²) in [5.41, 5.74) is 2.83. The molecule has 0 aliphatic rings. The van der Waals surface area contributed by atoms with Crippen LogP contribution in [0, 0.1) is 0 Å². The van der Waals surface area contributed by atoms with Crippen molar-refractivity contribution in [1.82, 2.24) is 20.0 Å². The Morgan fingerprint density at radius 1 is 1.19 bits per heavy atom. The third-order valence-electron chi connectivity index (χ3n) is 3.82. The van der Waals surface area contributed by atoms with Crippen molar-refractivity contribution in [2.24, 2.45) is 0 Å². The molecule has 1 aromatic carbocycles. The molecule has 2 N–H and O–H groups in total. The standard InChI is InChI=1S/C19H17ClN4O2/c1-21-19(26)14-7-5-13(6-8-14)12-22-17(25)10-9-15-18(20)23-16-4-2-3-11-24(15)16/h2-11H,12H2,1H3,(H,21,26)(H,22,25)/b10-9+. The lowest BCUT2D eigenvalue weighted by molar-refractivity contribution is -0.116. The largest absolute Gasteiger partial charge is 0.355 e. The van der Waals surface area contributed by atoms with Crippen molar-refractivity contribution in [3.63, 3.8) is 0 Å². The maximum Gasteiger partial charge on any atom is 0.251 e. The Bertz CT molecular complexity index is 977. The molecule has 0 saturated heterocycles. The molecule has 0 saturated carbocycles. The van der Waals surface area contributed by atoms with Gasteiger partial charge in [-0.3, -0.25) is 14.0 Å². The van der Waals surface area contributed by atoms with Crippen LogP contribution < -0.4 is 10.6 Å². The van der Waals surface area contributed by atoms with Crippen LogP contribution in [-0.2, 0) is 11.3 Å². The maximum atomic E-state index is 12.0. The first-order chi connectivity index (χ1) is 12.6. The first-order valence-corrected chi connectivity index (χ1v) is 8.36. The topological polar surface area (TPSA) is 75.5 Å². The summed E-state index contributed by atoms with van der Waals surface area (Å²) >= 11 is 6.13. The van der Waals surface area contributed by atoms with Crippen molar-refractivity contribution in [3.8, 4) is 0 Å². The van der Waals surface area contributed by atoms with Gasteiger partial charge in [0, 0.05) is 31.4 Å². The SMILES string of the molecule is CNC(=O)c1ccc(CNC(=O)/C=C/c2c(Cl)nc3ccccn23)cc1. The zero-order chi connectivity index (χ0) is 18.5. The van der Waals surface area contributed by atoms with Gasteiger partial charge < -0.3 is 10.6 Å². The van der Waals surface area contributed by atoms with Gasteiger partial charge in [0.2, 0.25) is 5.91 Å². The molecule has 2 aromatic heterocycles. The van der Waals surface area contributed by atoms with E-state index in [0.29, 0.717) is 28.6 Å². The second-order valence-electron chi connectivity index (χ2n) is 5.54. The zero-order valence-corrected chi connectivity index (χ0v) is 14.8. The summed E-state index contributed by atoms with van der Waals surface area (Å²) < 4.78 is 1.81. The van der Waals surface area contributed by atoms with Crippen LogP contribution in [0.15, 0.2) is 54.7 Å². The predicted molar refractivity (Wildman–Crippen MR) is 101 cm³/mol. The molecule has 6 nitrogen and oxygen atoms in total. The average molecular weight is 369 g/mol. The fraction of sp³-hybridized carbons (Fsp3) is 0.105. The predicted octanol–water partition coefficient (Wildman–Crippen LogP) is 2.68. The Kier molecular flexibility index (Phi) is 5.34. The van der Waals surface area contributed by atoms with Crippen LogP contribution in [0.2, 0.25) is 5.15 Å². The molecule has 0 unspecified atom stereocenters. The van der Waals surface area contributed by atoms with Gasteiger partial charge in [-0.05, 0) is 35.9 Å². The molecule has 0 atom stereocenters. The molecular weight excluding hydrogens is 352 g/mol. The molecule has 7 heteroatoms. The van der Waals surface area contributed by atoms with Crippen LogP contribution in [-0.4, -0.2) is 28.2 Å². The minimum Gasteiger partial charge on any atom is -0.355 e. The Balaban J connectivity index is 1.62. The summed E-state index contributed by atoms with van der Waals surface area (Å²) in [5, 5.41) is 5.69. The molecule has 3 rings (SSSR count).